The number of aliphatic imine (C=N–C) groups is 1. The summed E-state index contributed by atoms with van der Waals surface area (Å²) in [6.45, 7) is 7.54. The van der Waals surface area contributed by atoms with E-state index in [0.29, 0.717) is 12.5 Å². The average Bonchev–Trinajstić information content (AvgIpc) is 2.86. The third-order valence-electron chi connectivity index (χ3n) is 3.07. The second-order valence-electron chi connectivity index (χ2n) is 5.49. The van der Waals surface area contributed by atoms with Gasteiger partial charge in [0, 0.05) is 40.0 Å². The number of rotatable bonds is 9. The summed E-state index contributed by atoms with van der Waals surface area (Å²) in [5.41, 5.74) is 1.22. The van der Waals surface area contributed by atoms with Gasteiger partial charge in [-0.2, -0.15) is 5.10 Å². The van der Waals surface area contributed by atoms with Crippen LogP contribution >= 0.6 is 24.0 Å². The second-order valence-corrected chi connectivity index (χ2v) is 5.49. The summed E-state index contributed by atoms with van der Waals surface area (Å²) in [5.74, 6) is 1.51. The minimum atomic E-state index is 0. The third kappa shape index (κ3) is 9.99. The van der Waals surface area contributed by atoms with Crippen molar-refractivity contribution in [3.63, 3.8) is 0 Å². The molecule has 0 aromatic carbocycles. The van der Waals surface area contributed by atoms with E-state index in [4.69, 9.17) is 4.74 Å². The Morgan fingerprint density at radius 1 is 1.32 bits per heavy atom. The zero-order chi connectivity index (χ0) is 15.5. The maximum Gasteiger partial charge on any atom is 0.191 e. The molecule has 0 spiro atoms. The van der Waals surface area contributed by atoms with Gasteiger partial charge in [-0.15, -0.1) is 24.0 Å². The molecule has 0 aliphatic heterocycles. The summed E-state index contributed by atoms with van der Waals surface area (Å²) in [5, 5.41) is 10.7. The van der Waals surface area contributed by atoms with Crippen molar-refractivity contribution in [2.75, 3.05) is 33.4 Å². The van der Waals surface area contributed by atoms with Crippen molar-refractivity contribution in [1.29, 1.82) is 0 Å². The van der Waals surface area contributed by atoms with Gasteiger partial charge in [-0.3, -0.25) is 9.67 Å². The standard InChI is InChI=1S/C15H29N5O.HI/c1-13(2)6-9-21-10-8-18-15(16-3)17-7-5-14-11-19-20(4)12-14;/h11-13H,5-10H2,1-4H3,(H2,16,17,18);1H. The number of nitrogens with zero attached hydrogens (tertiary/aromatic N) is 3. The molecule has 0 radical (unpaired) electrons. The highest BCUT2D eigenvalue weighted by Crippen LogP contribution is 1.98. The van der Waals surface area contributed by atoms with Gasteiger partial charge in [0.05, 0.1) is 12.8 Å². The number of aromatic nitrogens is 2. The molecule has 1 aromatic rings. The topological polar surface area (TPSA) is 63.5 Å². The Balaban J connectivity index is 0.00000441. The quantitative estimate of drug-likeness (QED) is 0.275. The van der Waals surface area contributed by atoms with Gasteiger partial charge in [0.2, 0.25) is 0 Å². The molecule has 1 aromatic heterocycles. The van der Waals surface area contributed by atoms with Crippen LogP contribution in [0.5, 0.6) is 0 Å². The van der Waals surface area contributed by atoms with Crippen LogP contribution < -0.4 is 10.6 Å². The van der Waals surface area contributed by atoms with Crippen LogP contribution in [0.25, 0.3) is 0 Å². The van der Waals surface area contributed by atoms with E-state index >= 15 is 0 Å². The summed E-state index contributed by atoms with van der Waals surface area (Å²) < 4.78 is 7.38. The van der Waals surface area contributed by atoms with E-state index in [1.54, 1.807) is 7.05 Å². The predicted molar refractivity (Wildman–Crippen MR) is 102 cm³/mol. The van der Waals surface area contributed by atoms with E-state index < -0.39 is 0 Å². The van der Waals surface area contributed by atoms with Gasteiger partial charge < -0.3 is 15.4 Å². The largest absolute Gasteiger partial charge is 0.380 e. The van der Waals surface area contributed by atoms with E-state index in [0.717, 1.165) is 38.5 Å². The van der Waals surface area contributed by atoms with Crippen LogP contribution in [0, 0.1) is 5.92 Å². The molecule has 0 unspecified atom stereocenters. The Labute approximate surface area is 151 Å². The van der Waals surface area contributed by atoms with Crippen molar-refractivity contribution in [1.82, 2.24) is 20.4 Å². The van der Waals surface area contributed by atoms with Gasteiger partial charge in [-0.05, 0) is 24.3 Å². The summed E-state index contributed by atoms with van der Waals surface area (Å²) >= 11 is 0. The summed E-state index contributed by atoms with van der Waals surface area (Å²) in [7, 11) is 3.70. The second kappa shape index (κ2) is 12.7. The van der Waals surface area contributed by atoms with Gasteiger partial charge >= 0.3 is 0 Å². The van der Waals surface area contributed by atoms with Crippen molar-refractivity contribution in [2.24, 2.45) is 18.0 Å². The van der Waals surface area contributed by atoms with Crippen LogP contribution in [-0.2, 0) is 18.2 Å². The lowest BCUT2D eigenvalue weighted by Crippen LogP contribution is -2.39. The highest BCUT2D eigenvalue weighted by atomic mass is 127. The van der Waals surface area contributed by atoms with E-state index in [9.17, 15) is 0 Å². The fourth-order valence-corrected chi connectivity index (χ4v) is 1.81. The van der Waals surface area contributed by atoms with Gasteiger partial charge in [0.25, 0.3) is 0 Å². The first-order valence-corrected chi connectivity index (χ1v) is 7.61. The Morgan fingerprint density at radius 2 is 2.05 bits per heavy atom. The van der Waals surface area contributed by atoms with E-state index in [-0.39, 0.29) is 24.0 Å². The van der Waals surface area contributed by atoms with E-state index in [2.05, 4.69) is 34.6 Å². The molecule has 0 saturated carbocycles. The zero-order valence-corrected chi connectivity index (χ0v) is 16.5. The number of halogens is 1. The first kappa shape index (κ1) is 21.2. The number of hydrogen-bond acceptors (Lipinski definition) is 3. The average molecular weight is 423 g/mol. The number of ether oxygens (including phenoxy) is 1. The van der Waals surface area contributed by atoms with Crippen LogP contribution in [-0.4, -0.2) is 49.1 Å². The first-order valence-electron chi connectivity index (χ1n) is 7.61. The van der Waals surface area contributed by atoms with Gasteiger partial charge in [-0.25, -0.2) is 0 Å². The van der Waals surface area contributed by atoms with Crippen LogP contribution in [0.15, 0.2) is 17.4 Å². The molecule has 0 bridgehead atoms. The molecule has 0 fully saturated rings. The van der Waals surface area contributed by atoms with E-state index in [1.165, 1.54) is 5.56 Å². The molecule has 0 saturated heterocycles. The summed E-state index contributed by atoms with van der Waals surface area (Å²) in [6.07, 6.45) is 5.96. The highest BCUT2D eigenvalue weighted by Gasteiger charge is 1.99. The molecule has 0 aliphatic rings. The summed E-state index contributed by atoms with van der Waals surface area (Å²) in [6, 6.07) is 0. The molecule has 2 N–H and O–H groups in total. The molecule has 1 rings (SSSR count). The zero-order valence-electron chi connectivity index (χ0n) is 14.1. The molecule has 22 heavy (non-hydrogen) atoms. The van der Waals surface area contributed by atoms with Crippen molar-refractivity contribution < 1.29 is 4.74 Å². The van der Waals surface area contributed by atoms with Crippen molar-refractivity contribution in [3.8, 4) is 0 Å². The lowest BCUT2D eigenvalue weighted by Gasteiger charge is -2.12. The maximum absolute atomic E-state index is 5.56. The van der Waals surface area contributed by atoms with E-state index in [1.807, 2.05) is 24.1 Å². The summed E-state index contributed by atoms with van der Waals surface area (Å²) in [4.78, 5) is 4.19. The molecule has 0 amide bonds. The van der Waals surface area contributed by atoms with Crippen LogP contribution in [0.4, 0.5) is 0 Å². The van der Waals surface area contributed by atoms with Crippen molar-refractivity contribution >= 4 is 29.9 Å². The highest BCUT2D eigenvalue weighted by molar-refractivity contribution is 14.0. The number of nitrogens with one attached hydrogen (secondary N) is 2. The number of aryl methyl sites for hydroxylation is 1. The predicted octanol–water partition coefficient (Wildman–Crippen LogP) is 1.81. The van der Waals surface area contributed by atoms with Gasteiger partial charge in [0.1, 0.15) is 0 Å². The third-order valence-corrected chi connectivity index (χ3v) is 3.07. The fraction of sp³-hybridized carbons (Fsp3) is 0.733. The molecule has 6 nitrogen and oxygen atoms in total. The maximum atomic E-state index is 5.56. The Hall–Kier alpha value is -0.830. The molecule has 0 aliphatic carbocycles. The Kier molecular flexibility index (Phi) is 12.2. The molecule has 128 valence electrons. The van der Waals surface area contributed by atoms with Gasteiger partial charge in [-0.1, -0.05) is 13.8 Å². The smallest absolute Gasteiger partial charge is 0.191 e. The van der Waals surface area contributed by atoms with Crippen LogP contribution in [0.1, 0.15) is 25.8 Å². The van der Waals surface area contributed by atoms with Crippen molar-refractivity contribution in [3.05, 3.63) is 18.0 Å². The van der Waals surface area contributed by atoms with Gasteiger partial charge in [0.15, 0.2) is 5.96 Å². The molecular weight excluding hydrogens is 393 g/mol. The lowest BCUT2D eigenvalue weighted by atomic mass is 10.1. The molecular formula is C15H30IN5O. The minimum absolute atomic E-state index is 0. The SMILES string of the molecule is CN=C(NCCOCCC(C)C)NCCc1cnn(C)c1.I. The number of guanidine groups is 1. The van der Waals surface area contributed by atoms with Crippen molar-refractivity contribution in [2.45, 2.75) is 26.7 Å². The lowest BCUT2D eigenvalue weighted by molar-refractivity contribution is 0.128. The Bertz CT molecular complexity index is 420. The number of hydrogen-bond donors (Lipinski definition) is 2. The Morgan fingerprint density at radius 3 is 2.64 bits per heavy atom. The van der Waals surface area contributed by atoms with Crippen LogP contribution in [0.2, 0.25) is 0 Å². The first-order chi connectivity index (χ1) is 10.1. The minimum Gasteiger partial charge on any atom is -0.380 e. The normalized spacial score (nSPS) is 11.4. The monoisotopic (exact) mass is 423 g/mol. The molecule has 1 heterocycles. The fourth-order valence-electron chi connectivity index (χ4n) is 1.81. The van der Waals surface area contributed by atoms with Crippen LogP contribution in [0.3, 0.4) is 0 Å². The molecule has 0 atom stereocenters. The molecule has 7 heteroatoms.